The second-order valence-electron chi connectivity index (χ2n) is 16.0. The molecule has 0 spiro atoms. The number of carbonyl (C=O) groups is 1. The maximum absolute atomic E-state index is 12.5. The van der Waals surface area contributed by atoms with Gasteiger partial charge in [-0.3, -0.25) is 0 Å². The lowest BCUT2D eigenvalue weighted by molar-refractivity contribution is -0.345. The summed E-state index contributed by atoms with van der Waals surface area (Å²) in [5, 5.41) is 52.9. The predicted molar refractivity (Wildman–Crippen MR) is 169 cm³/mol. The van der Waals surface area contributed by atoms with Gasteiger partial charge in [0.25, 0.3) is 0 Å². The number of methoxy groups -OCH3 is 1. The van der Waals surface area contributed by atoms with Gasteiger partial charge in [0.1, 0.15) is 37.1 Å². The van der Waals surface area contributed by atoms with Gasteiger partial charge in [-0.2, -0.15) is 0 Å². The first-order chi connectivity index (χ1) is 22.8. The lowest BCUT2D eigenvalue weighted by Gasteiger charge is -2.63. The van der Waals surface area contributed by atoms with Crippen molar-refractivity contribution in [3.63, 3.8) is 0 Å². The largest absolute Gasteiger partial charge is 0.458 e. The average molecular weight is 679 g/mol. The van der Waals surface area contributed by atoms with E-state index in [0.717, 1.165) is 56.1 Å². The Kier molecular flexibility index (Phi) is 9.44. The van der Waals surface area contributed by atoms with Crippen LogP contribution in [0.3, 0.4) is 0 Å². The number of hydrogen-bond donors (Lipinski definition) is 5. The van der Waals surface area contributed by atoms with Gasteiger partial charge in [0.05, 0.1) is 30.5 Å². The lowest BCUT2D eigenvalue weighted by atomic mass is 9.43. The number of fused-ring (bicyclic) bond motifs is 5. The van der Waals surface area contributed by atoms with Crippen molar-refractivity contribution in [1.82, 2.24) is 0 Å². The van der Waals surface area contributed by atoms with E-state index in [2.05, 4.69) is 19.9 Å². The first-order valence-corrected chi connectivity index (χ1v) is 17.9. The Morgan fingerprint density at radius 3 is 2.46 bits per heavy atom. The molecule has 0 aromatic rings. The van der Waals surface area contributed by atoms with Crippen molar-refractivity contribution in [2.24, 2.45) is 28.6 Å². The zero-order valence-electron chi connectivity index (χ0n) is 28.5. The fourth-order valence-corrected chi connectivity index (χ4v) is 11.0. The van der Waals surface area contributed by atoms with Gasteiger partial charge in [-0.25, -0.2) is 4.79 Å². The molecule has 270 valence electrons. The van der Waals surface area contributed by atoms with Gasteiger partial charge in [-0.05, 0) is 87.0 Å². The number of hydrogen-bond acceptors (Lipinski definition) is 12. The van der Waals surface area contributed by atoms with Gasteiger partial charge in [0.2, 0.25) is 0 Å². The molecule has 3 aliphatic heterocycles. The highest BCUT2D eigenvalue weighted by Gasteiger charge is 2.66. The molecule has 0 bridgehead atoms. The zero-order valence-corrected chi connectivity index (χ0v) is 28.5. The Hall–Kier alpha value is -1.45. The van der Waals surface area contributed by atoms with Crippen molar-refractivity contribution in [2.75, 3.05) is 20.3 Å². The summed E-state index contributed by atoms with van der Waals surface area (Å²) in [5.74, 6) is 0.803. The standard InChI is InChI=1S/C36H54O12/c1-18-32(48-33-31(41)30(40)29(39)26(16-37)47-33)25(43-4)15-28(45-18)46-21-7-10-34(2)20(14-21)5-6-24-23(34)8-11-35(3)22(9-12-36(24,35)42)19-13-27(38)44-17-19/h9,13,18,20-21,23-26,28-33,37,39-42H,5-8,10-12,14-17H2,1-4H3/t18-,20+,21-,23-,24+,25+,26+,28-,29+,30-,31+,32-,33-,34-,35+,36-/m0/s1. The van der Waals surface area contributed by atoms with Crippen molar-refractivity contribution in [3.05, 3.63) is 23.3 Å². The second-order valence-corrected chi connectivity index (χ2v) is 16.0. The number of cyclic esters (lactones) is 1. The van der Waals surface area contributed by atoms with E-state index in [0.29, 0.717) is 31.3 Å². The molecule has 3 saturated carbocycles. The van der Waals surface area contributed by atoms with E-state index in [-0.39, 0.29) is 28.8 Å². The molecule has 2 saturated heterocycles. The normalized spacial score (nSPS) is 52.1. The molecule has 5 N–H and O–H groups in total. The summed E-state index contributed by atoms with van der Waals surface area (Å²) in [6.07, 6.45) is 2.69. The number of carbonyl (C=O) groups excluding carboxylic acids is 1. The highest BCUT2D eigenvalue weighted by atomic mass is 16.7. The third kappa shape index (κ3) is 5.54. The Morgan fingerprint density at radius 2 is 1.75 bits per heavy atom. The topological polar surface area (TPSA) is 174 Å². The maximum Gasteiger partial charge on any atom is 0.331 e. The van der Waals surface area contributed by atoms with Crippen LogP contribution in [0, 0.1) is 28.6 Å². The van der Waals surface area contributed by atoms with Crippen molar-refractivity contribution in [1.29, 1.82) is 0 Å². The molecule has 7 aliphatic rings. The van der Waals surface area contributed by atoms with Crippen LogP contribution in [0.15, 0.2) is 23.3 Å². The van der Waals surface area contributed by atoms with E-state index in [4.69, 9.17) is 28.4 Å². The van der Waals surface area contributed by atoms with Gasteiger partial charge >= 0.3 is 5.97 Å². The van der Waals surface area contributed by atoms with Crippen molar-refractivity contribution >= 4 is 5.97 Å². The quantitative estimate of drug-likeness (QED) is 0.196. The molecule has 0 radical (unpaired) electrons. The molecule has 4 aliphatic carbocycles. The third-order valence-electron chi connectivity index (χ3n) is 13.8. The molecular weight excluding hydrogens is 624 g/mol. The number of esters is 1. The first-order valence-electron chi connectivity index (χ1n) is 17.9. The number of aliphatic hydroxyl groups excluding tert-OH is 4. The molecule has 0 aromatic carbocycles. The van der Waals surface area contributed by atoms with E-state index < -0.39 is 67.5 Å². The van der Waals surface area contributed by atoms with Crippen molar-refractivity contribution in [3.8, 4) is 0 Å². The van der Waals surface area contributed by atoms with Crippen LogP contribution in [0.2, 0.25) is 0 Å². The predicted octanol–water partition coefficient (Wildman–Crippen LogP) is 1.88. The lowest BCUT2D eigenvalue weighted by Crippen LogP contribution is -2.62. The van der Waals surface area contributed by atoms with Gasteiger partial charge in [0.15, 0.2) is 12.6 Å². The van der Waals surface area contributed by atoms with Crippen molar-refractivity contribution in [2.45, 2.75) is 146 Å². The minimum atomic E-state index is -1.53. The molecule has 3 heterocycles. The number of aliphatic hydroxyl groups is 5. The van der Waals surface area contributed by atoms with E-state index >= 15 is 0 Å². The van der Waals surface area contributed by atoms with Crippen molar-refractivity contribution < 1.29 is 58.7 Å². The Morgan fingerprint density at radius 1 is 0.958 bits per heavy atom. The molecule has 5 fully saturated rings. The third-order valence-corrected chi connectivity index (χ3v) is 13.8. The summed E-state index contributed by atoms with van der Waals surface area (Å²) in [5.41, 5.74) is 0.935. The molecule has 0 aromatic heterocycles. The van der Waals surface area contributed by atoms with Gasteiger partial charge < -0.3 is 54.0 Å². The van der Waals surface area contributed by atoms with Crippen LogP contribution in [-0.4, -0.2) is 119 Å². The highest BCUT2D eigenvalue weighted by molar-refractivity contribution is 5.86. The van der Waals surface area contributed by atoms with Crippen LogP contribution in [0.4, 0.5) is 0 Å². The summed E-state index contributed by atoms with van der Waals surface area (Å²) in [4.78, 5) is 11.9. The van der Waals surface area contributed by atoms with Crippen LogP contribution in [0.5, 0.6) is 0 Å². The SMILES string of the molecule is CO[C@@H]1C[C@H](O[C@H]2CC[C@@]3(C)[C@H](CC[C@@H]4[C@@H]3CC[C@]3(C)C(C5=CC(=O)OC5)=CC[C@]43O)C2)O[C@@H](C)[C@@H]1O[C@@H]1O[C@H](CO)[C@@H](O)[C@H](O)[C@H]1O. The second kappa shape index (κ2) is 13.0. The summed E-state index contributed by atoms with van der Waals surface area (Å²) >= 11 is 0. The molecule has 7 rings (SSSR count). The van der Waals surface area contributed by atoms with Crippen LogP contribution < -0.4 is 0 Å². The van der Waals surface area contributed by atoms with Gasteiger partial charge in [-0.1, -0.05) is 19.9 Å². The maximum atomic E-state index is 12.5. The fourth-order valence-electron chi connectivity index (χ4n) is 11.0. The van der Waals surface area contributed by atoms with E-state index in [1.807, 2.05) is 6.92 Å². The molecule has 16 atom stereocenters. The molecule has 48 heavy (non-hydrogen) atoms. The van der Waals surface area contributed by atoms with Crippen LogP contribution >= 0.6 is 0 Å². The number of ether oxygens (including phenoxy) is 6. The molecule has 0 unspecified atom stereocenters. The van der Waals surface area contributed by atoms with Gasteiger partial charge in [0, 0.05) is 30.6 Å². The smallest absolute Gasteiger partial charge is 0.331 e. The minimum Gasteiger partial charge on any atom is -0.458 e. The summed E-state index contributed by atoms with van der Waals surface area (Å²) in [6, 6.07) is 0. The average Bonchev–Trinajstić information content (AvgIpc) is 3.61. The van der Waals surface area contributed by atoms with Crippen LogP contribution in [0.1, 0.15) is 78.6 Å². The molecule has 12 nitrogen and oxygen atoms in total. The fraction of sp³-hybridized carbons (Fsp3) is 0.861. The first kappa shape index (κ1) is 35.0. The summed E-state index contributed by atoms with van der Waals surface area (Å²) in [6.45, 7) is 6.24. The Labute approximate surface area is 282 Å². The minimum absolute atomic E-state index is 0.0285. The number of rotatable bonds is 7. The molecule has 12 heteroatoms. The van der Waals surface area contributed by atoms with Crippen LogP contribution in [-0.2, 0) is 33.2 Å². The van der Waals surface area contributed by atoms with Gasteiger partial charge in [-0.15, -0.1) is 0 Å². The monoisotopic (exact) mass is 678 g/mol. The van der Waals surface area contributed by atoms with E-state index in [1.54, 1.807) is 13.2 Å². The molecule has 0 amide bonds. The highest BCUT2D eigenvalue weighted by Crippen LogP contribution is 2.68. The van der Waals surface area contributed by atoms with Crippen LogP contribution in [0.25, 0.3) is 0 Å². The summed E-state index contributed by atoms with van der Waals surface area (Å²) in [7, 11) is 1.58. The zero-order chi connectivity index (χ0) is 34.2. The van der Waals surface area contributed by atoms with E-state index in [9.17, 15) is 30.3 Å². The Balaban J connectivity index is 0.971. The summed E-state index contributed by atoms with van der Waals surface area (Å²) < 4.78 is 35.6. The molecular formula is C36H54O12. The van der Waals surface area contributed by atoms with E-state index in [1.165, 1.54) is 0 Å². The Bertz CT molecular complexity index is 1290.